The summed E-state index contributed by atoms with van der Waals surface area (Å²) in [5.41, 5.74) is 8.22. The summed E-state index contributed by atoms with van der Waals surface area (Å²) < 4.78 is 8.38. The molecule has 7 heteroatoms. The van der Waals surface area contributed by atoms with Gasteiger partial charge in [-0.05, 0) is 86.1 Å². The second-order valence-electron chi connectivity index (χ2n) is 8.85. The number of anilines is 2. The van der Waals surface area contributed by atoms with Crippen molar-refractivity contribution in [1.29, 1.82) is 0 Å². The monoisotopic (exact) mass is 421 g/mol. The molecule has 1 aliphatic heterocycles. The zero-order valence-corrected chi connectivity index (χ0v) is 18.0. The maximum Gasteiger partial charge on any atom is 0.253 e. The minimum Gasteiger partial charge on any atom is -0.378 e. The molecule has 0 spiro atoms. The molecule has 0 saturated carbocycles. The van der Waals surface area contributed by atoms with E-state index in [9.17, 15) is 0 Å². The minimum atomic E-state index is 0.245. The average molecular weight is 422 g/mol. The molecule has 3 aliphatic rings. The van der Waals surface area contributed by atoms with Gasteiger partial charge in [0.2, 0.25) is 5.95 Å². The van der Waals surface area contributed by atoms with E-state index in [1.807, 2.05) is 6.07 Å². The third kappa shape index (κ3) is 3.24. The van der Waals surface area contributed by atoms with Crippen molar-refractivity contribution in [2.24, 2.45) is 0 Å². The molecular weight excluding hydrogens is 394 g/mol. The van der Waals surface area contributed by atoms with Crippen LogP contribution in [0, 0.1) is 4.64 Å². The summed E-state index contributed by atoms with van der Waals surface area (Å²) in [7, 11) is 0. The first-order valence-electron chi connectivity index (χ1n) is 11.3. The van der Waals surface area contributed by atoms with E-state index in [0.29, 0.717) is 16.4 Å². The molecule has 2 aliphatic carbocycles. The molecule has 0 amide bonds. The zero-order valence-electron chi connectivity index (χ0n) is 17.2. The van der Waals surface area contributed by atoms with Crippen LogP contribution in [0.2, 0.25) is 0 Å². The maximum absolute atomic E-state index is 5.88. The first-order chi connectivity index (χ1) is 14.7. The predicted molar refractivity (Wildman–Crippen MR) is 119 cm³/mol. The molecule has 1 saturated heterocycles. The Morgan fingerprint density at radius 1 is 1.03 bits per heavy atom. The predicted octanol–water partition coefficient (Wildman–Crippen LogP) is 4.62. The summed E-state index contributed by atoms with van der Waals surface area (Å²) in [5, 5.41) is 6.95. The molecule has 3 aromatic rings. The largest absolute Gasteiger partial charge is 0.378 e. The van der Waals surface area contributed by atoms with Gasteiger partial charge in [0.1, 0.15) is 4.64 Å². The van der Waals surface area contributed by atoms with Crippen molar-refractivity contribution < 1.29 is 4.74 Å². The van der Waals surface area contributed by atoms with Crippen molar-refractivity contribution in [2.45, 2.75) is 70.3 Å². The van der Waals surface area contributed by atoms with E-state index < -0.39 is 0 Å². The second-order valence-corrected chi connectivity index (χ2v) is 9.26. The highest BCUT2D eigenvalue weighted by Crippen LogP contribution is 2.39. The normalized spacial score (nSPS) is 20.5. The Labute approximate surface area is 181 Å². The number of aromatic amines is 1. The van der Waals surface area contributed by atoms with Crippen LogP contribution in [-0.4, -0.2) is 32.3 Å². The van der Waals surface area contributed by atoms with Crippen LogP contribution in [0.4, 0.5) is 11.6 Å². The summed E-state index contributed by atoms with van der Waals surface area (Å²) in [6.07, 6.45) is 11.7. The smallest absolute Gasteiger partial charge is 0.253 e. The Morgan fingerprint density at radius 3 is 2.57 bits per heavy atom. The molecule has 2 aromatic heterocycles. The lowest BCUT2D eigenvalue weighted by Gasteiger charge is -2.22. The Morgan fingerprint density at radius 2 is 1.83 bits per heavy atom. The summed E-state index contributed by atoms with van der Waals surface area (Å²) in [6.45, 7) is 0.852. The molecule has 30 heavy (non-hydrogen) atoms. The van der Waals surface area contributed by atoms with E-state index in [2.05, 4.69) is 16.5 Å². The lowest BCUT2D eigenvalue weighted by molar-refractivity contribution is 0.0162. The fourth-order valence-electron chi connectivity index (χ4n) is 5.38. The molecule has 0 bridgehead atoms. The standard InChI is InChI=1S/C23H27N5OS/c30-20-13-16(12-17-7-1-2-10-29-17)24-23-26-22(27-28(20)23)25-21-18-8-3-5-14(18)11-15-6-4-9-19(15)21/h11,13,17H,1-10,12H2,(H2,24,25,26,27). The molecule has 2 N–H and O–H groups in total. The van der Waals surface area contributed by atoms with Gasteiger partial charge in [0, 0.05) is 18.7 Å². The highest BCUT2D eigenvalue weighted by Gasteiger charge is 2.25. The number of H-pyrrole nitrogens is 1. The Kier molecular flexibility index (Phi) is 4.61. The van der Waals surface area contributed by atoms with Gasteiger partial charge >= 0.3 is 0 Å². The van der Waals surface area contributed by atoms with Gasteiger partial charge in [-0.2, -0.15) is 4.98 Å². The highest BCUT2D eigenvalue weighted by atomic mass is 32.1. The summed E-state index contributed by atoms with van der Waals surface area (Å²) in [6, 6.07) is 4.42. The van der Waals surface area contributed by atoms with Crippen LogP contribution in [0.25, 0.3) is 5.78 Å². The van der Waals surface area contributed by atoms with E-state index in [-0.39, 0.29) is 6.10 Å². The van der Waals surface area contributed by atoms with E-state index in [4.69, 9.17) is 26.9 Å². The molecule has 1 unspecified atom stereocenters. The molecule has 0 radical (unpaired) electrons. The lowest BCUT2D eigenvalue weighted by Crippen LogP contribution is -2.22. The van der Waals surface area contributed by atoms with E-state index in [1.165, 1.54) is 60.0 Å². The maximum atomic E-state index is 5.88. The molecule has 156 valence electrons. The van der Waals surface area contributed by atoms with Crippen LogP contribution >= 0.6 is 12.2 Å². The van der Waals surface area contributed by atoms with Crippen LogP contribution in [0.15, 0.2) is 12.1 Å². The van der Waals surface area contributed by atoms with Crippen LogP contribution in [-0.2, 0) is 36.8 Å². The van der Waals surface area contributed by atoms with Crippen molar-refractivity contribution in [3.8, 4) is 0 Å². The number of nitrogens with zero attached hydrogens (tertiary/aromatic N) is 3. The van der Waals surface area contributed by atoms with E-state index in [0.717, 1.165) is 44.4 Å². The number of benzene rings is 1. The van der Waals surface area contributed by atoms with Gasteiger partial charge in [-0.3, -0.25) is 5.10 Å². The van der Waals surface area contributed by atoms with Crippen LogP contribution in [0.5, 0.6) is 0 Å². The van der Waals surface area contributed by atoms with Crippen LogP contribution in [0.1, 0.15) is 60.1 Å². The first-order valence-corrected chi connectivity index (χ1v) is 11.7. The topological polar surface area (TPSA) is 67.2 Å². The number of ether oxygens (including phenoxy) is 1. The van der Waals surface area contributed by atoms with Crippen molar-refractivity contribution >= 4 is 29.6 Å². The Hall–Kier alpha value is -2.25. The SMILES string of the molecule is S=c1cc(CC2CCCCO2)nc2nc(Nc3c4c(cc5c3CCC5)CCC4)[nH]n12. The lowest BCUT2D eigenvalue weighted by atomic mass is 9.99. The Bertz CT molecular complexity index is 1140. The fourth-order valence-corrected chi connectivity index (χ4v) is 5.64. The fraction of sp³-hybridized carbons (Fsp3) is 0.522. The molecule has 1 fully saturated rings. The molecule has 1 atom stereocenters. The van der Waals surface area contributed by atoms with Gasteiger partial charge in [-0.1, -0.05) is 18.3 Å². The summed E-state index contributed by atoms with van der Waals surface area (Å²) in [4.78, 5) is 9.52. The van der Waals surface area contributed by atoms with Crippen molar-refractivity contribution in [2.75, 3.05) is 11.9 Å². The average Bonchev–Trinajstić information content (AvgIpc) is 3.47. The molecule has 3 heterocycles. The minimum absolute atomic E-state index is 0.245. The number of aromatic nitrogens is 4. The van der Waals surface area contributed by atoms with Crippen LogP contribution < -0.4 is 5.32 Å². The zero-order chi connectivity index (χ0) is 20.1. The third-order valence-electron chi connectivity index (χ3n) is 6.81. The van der Waals surface area contributed by atoms with Crippen LogP contribution in [0.3, 0.4) is 0 Å². The van der Waals surface area contributed by atoms with Gasteiger partial charge in [0.15, 0.2) is 0 Å². The van der Waals surface area contributed by atoms with Gasteiger partial charge in [0.05, 0.1) is 11.8 Å². The number of hydrogen-bond acceptors (Lipinski definition) is 5. The van der Waals surface area contributed by atoms with Gasteiger partial charge in [-0.15, -0.1) is 0 Å². The molecule has 1 aromatic carbocycles. The number of nitrogens with one attached hydrogen (secondary N) is 2. The molecule has 6 nitrogen and oxygen atoms in total. The second kappa shape index (κ2) is 7.46. The van der Waals surface area contributed by atoms with E-state index >= 15 is 0 Å². The number of aryl methyl sites for hydroxylation is 2. The molecular formula is C23H27N5OS. The number of rotatable bonds is 4. The number of fused-ring (bicyclic) bond motifs is 3. The first kappa shape index (κ1) is 18.5. The highest BCUT2D eigenvalue weighted by molar-refractivity contribution is 7.71. The van der Waals surface area contributed by atoms with Gasteiger partial charge in [0.25, 0.3) is 5.78 Å². The van der Waals surface area contributed by atoms with Gasteiger partial charge in [-0.25, -0.2) is 9.50 Å². The Balaban J connectivity index is 1.33. The van der Waals surface area contributed by atoms with E-state index in [1.54, 1.807) is 4.52 Å². The number of hydrogen-bond donors (Lipinski definition) is 2. The van der Waals surface area contributed by atoms with Gasteiger partial charge < -0.3 is 10.1 Å². The van der Waals surface area contributed by atoms with Crippen molar-refractivity contribution in [3.63, 3.8) is 0 Å². The molecule has 6 rings (SSSR count). The van der Waals surface area contributed by atoms with Crippen molar-refractivity contribution in [1.82, 2.24) is 19.6 Å². The summed E-state index contributed by atoms with van der Waals surface area (Å²) in [5.74, 6) is 1.34. The summed E-state index contributed by atoms with van der Waals surface area (Å²) >= 11 is 5.63. The quantitative estimate of drug-likeness (QED) is 0.602. The third-order valence-corrected chi connectivity index (χ3v) is 7.11. The van der Waals surface area contributed by atoms with Crippen molar-refractivity contribution in [3.05, 3.63) is 44.7 Å².